The van der Waals surface area contributed by atoms with E-state index in [0.29, 0.717) is 41.1 Å². The molecule has 0 aliphatic heterocycles. The summed E-state index contributed by atoms with van der Waals surface area (Å²) in [7, 11) is 0. The van der Waals surface area contributed by atoms with Crippen molar-refractivity contribution >= 4 is 17.7 Å². The number of anilines is 1. The molecule has 0 radical (unpaired) electrons. The van der Waals surface area contributed by atoms with Gasteiger partial charge in [0.25, 0.3) is 0 Å². The van der Waals surface area contributed by atoms with E-state index in [9.17, 15) is 27.9 Å². The van der Waals surface area contributed by atoms with Gasteiger partial charge in [-0.1, -0.05) is 71.9 Å². The molecule has 1 saturated carbocycles. The lowest BCUT2D eigenvalue weighted by molar-refractivity contribution is -0.140. The number of carboxylic acids is 1. The molecule has 0 bridgehead atoms. The van der Waals surface area contributed by atoms with Crippen molar-refractivity contribution in [2.75, 3.05) is 11.9 Å². The Kier molecular flexibility index (Phi) is 7.10. The highest BCUT2D eigenvalue weighted by Crippen LogP contribution is 2.48. The van der Waals surface area contributed by atoms with Crippen molar-refractivity contribution in [2.45, 2.75) is 37.8 Å². The smallest absolute Gasteiger partial charge is 0.416 e. The fourth-order valence-electron chi connectivity index (χ4n) is 4.56. The number of aromatic nitrogens is 1. The van der Waals surface area contributed by atoms with Gasteiger partial charge in [0.15, 0.2) is 5.76 Å². The number of benzene rings is 3. The Morgan fingerprint density at radius 2 is 1.62 bits per heavy atom. The van der Waals surface area contributed by atoms with Gasteiger partial charge < -0.3 is 14.4 Å². The van der Waals surface area contributed by atoms with E-state index in [-0.39, 0.29) is 13.0 Å². The minimum absolute atomic E-state index is 0.117. The largest absolute Gasteiger partial charge is 0.481 e. The first-order valence-electron chi connectivity index (χ1n) is 12.6. The summed E-state index contributed by atoms with van der Waals surface area (Å²) < 4.78 is 49.3. The highest BCUT2D eigenvalue weighted by molar-refractivity contribution is 5.91. The van der Waals surface area contributed by atoms with Crippen LogP contribution in [0.3, 0.4) is 0 Å². The van der Waals surface area contributed by atoms with Crippen LogP contribution in [0.5, 0.6) is 0 Å². The number of hydrogen-bond acceptors (Lipinski definition) is 5. The molecule has 2 N–H and O–H groups in total. The summed E-state index contributed by atoms with van der Waals surface area (Å²) in [6.07, 6.45) is -3.82. The lowest BCUT2D eigenvalue weighted by atomic mass is 9.93. The highest BCUT2D eigenvalue weighted by Gasteiger charge is 2.51. The lowest BCUT2D eigenvalue weighted by Gasteiger charge is -2.11. The molecule has 0 saturated heterocycles. The van der Waals surface area contributed by atoms with Gasteiger partial charge in [-0.3, -0.25) is 10.1 Å². The minimum Gasteiger partial charge on any atom is -0.481 e. The summed E-state index contributed by atoms with van der Waals surface area (Å²) in [5, 5.41) is 16.1. The predicted octanol–water partition coefficient (Wildman–Crippen LogP) is 7.24. The van der Waals surface area contributed by atoms with Crippen LogP contribution >= 0.6 is 0 Å². The fourth-order valence-corrected chi connectivity index (χ4v) is 4.56. The zero-order valence-electron chi connectivity index (χ0n) is 21.4. The van der Waals surface area contributed by atoms with Crippen molar-refractivity contribution in [3.63, 3.8) is 0 Å². The van der Waals surface area contributed by atoms with E-state index < -0.39 is 29.2 Å². The number of nitrogens with one attached hydrogen (secondary N) is 1. The first kappa shape index (κ1) is 27.0. The second-order valence-electron chi connectivity index (χ2n) is 9.72. The van der Waals surface area contributed by atoms with E-state index in [2.05, 4.69) is 10.5 Å². The molecule has 0 unspecified atom stereocenters. The van der Waals surface area contributed by atoms with Crippen molar-refractivity contribution in [2.24, 2.45) is 0 Å². The molecule has 5 rings (SSSR count). The standard InChI is InChI=1S/C30H25F3N2O5/c1-18-25(34-28(38)39-16-13-19-3-2-4-24(17-19)30(31,32)33)26(40-35-18)22-7-5-20(6-8-22)21-9-11-23(12-10-21)29(14-15-29)27(36)37/h2-12,17H,13-16H2,1H3,(H,34,38)(H,36,37). The van der Waals surface area contributed by atoms with Gasteiger partial charge in [0.2, 0.25) is 0 Å². The third-order valence-electron chi connectivity index (χ3n) is 7.05. The van der Waals surface area contributed by atoms with Gasteiger partial charge in [0.1, 0.15) is 11.4 Å². The van der Waals surface area contributed by atoms with Gasteiger partial charge in [0, 0.05) is 12.0 Å². The van der Waals surface area contributed by atoms with Crippen LogP contribution in [0.25, 0.3) is 22.5 Å². The number of halogens is 3. The number of aryl methyl sites for hydroxylation is 1. The highest BCUT2D eigenvalue weighted by atomic mass is 19.4. The van der Waals surface area contributed by atoms with E-state index in [0.717, 1.165) is 28.8 Å². The summed E-state index contributed by atoms with van der Waals surface area (Å²) in [6.45, 7) is 1.54. The second kappa shape index (κ2) is 10.5. The number of nitrogens with zero attached hydrogens (tertiary/aromatic N) is 1. The molecule has 0 spiro atoms. The molecule has 3 aromatic carbocycles. The van der Waals surface area contributed by atoms with Crippen molar-refractivity contribution in [3.8, 4) is 22.5 Å². The molecule has 40 heavy (non-hydrogen) atoms. The molecule has 0 atom stereocenters. The first-order chi connectivity index (χ1) is 19.1. The van der Waals surface area contributed by atoms with Gasteiger partial charge in [-0.15, -0.1) is 0 Å². The molecular weight excluding hydrogens is 525 g/mol. The number of alkyl halides is 3. The maximum atomic E-state index is 12.9. The normalized spacial score (nSPS) is 14.0. The van der Waals surface area contributed by atoms with Crippen molar-refractivity contribution < 1.29 is 37.1 Å². The summed E-state index contributed by atoms with van der Waals surface area (Å²) >= 11 is 0. The molecule has 1 fully saturated rings. The van der Waals surface area contributed by atoms with Crippen LogP contribution in [-0.4, -0.2) is 28.9 Å². The first-order valence-corrected chi connectivity index (χ1v) is 12.6. The molecule has 10 heteroatoms. The zero-order chi connectivity index (χ0) is 28.5. The van der Waals surface area contributed by atoms with Gasteiger partial charge in [-0.25, -0.2) is 4.79 Å². The Labute approximate surface area is 227 Å². The van der Waals surface area contributed by atoms with Crippen LogP contribution in [0.2, 0.25) is 0 Å². The zero-order valence-corrected chi connectivity index (χ0v) is 21.4. The Morgan fingerprint density at radius 3 is 2.23 bits per heavy atom. The van der Waals surface area contributed by atoms with Crippen LogP contribution < -0.4 is 5.32 Å². The minimum atomic E-state index is -4.44. The van der Waals surface area contributed by atoms with E-state index in [1.807, 2.05) is 48.5 Å². The fraction of sp³-hybridized carbons (Fsp3) is 0.233. The summed E-state index contributed by atoms with van der Waals surface area (Å²) in [4.78, 5) is 24.0. The van der Waals surface area contributed by atoms with Gasteiger partial charge in [-0.2, -0.15) is 13.2 Å². The number of amides is 1. The van der Waals surface area contributed by atoms with Crippen LogP contribution in [0, 0.1) is 6.92 Å². The molecule has 4 aromatic rings. The maximum absolute atomic E-state index is 12.9. The number of carbonyl (C=O) groups excluding carboxylic acids is 1. The molecule has 1 amide bonds. The monoisotopic (exact) mass is 550 g/mol. The third kappa shape index (κ3) is 5.56. The lowest BCUT2D eigenvalue weighted by Crippen LogP contribution is -2.19. The Bertz CT molecular complexity index is 1540. The van der Waals surface area contributed by atoms with Crippen molar-refractivity contribution in [1.29, 1.82) is 0 Å². The van der Waals surface area contributed by atoms with Gasteiger partial charge in [-0.05, 0) is 48.1 Å². The van der Waals surface area contributed by atoms with Gasteiger partial charge >= 0.3 is 18.2 Å². The predicted molar refractivity (Wildman–Crippen MR) is 141 cm³/mol. The van der Waals surface area contributed by atoms with E-state index in [1.165, 1.54) is 12.1 Å². The third-order valence-corrected chi connectivity index (χ3v) is 7.05. The van der Waals surface area contributed by atoms with Crippen LogP contribution in [-0.2, 0) is 27.5 Å². The number of carbonyl (C=O) groups is 2. The number of carboxylic acid groups (broad SMARTS) is 1. The average Bonchev–Trinajstić information content (AvgIpc) is 3.68. The number of ether oxygens (including phenoxy) is 1. The second-order valence-corrected chi connectivity index (χ2v) is 9.72. The molecule has 1 aromatic heterocycles. The van der Waals surface area contributed by atoms with Crippen molar-refractivity contribution in [3.05, 3.63) is 95.2 Å². The SMILES string of the molecule is Cc1noc(-c2ccc(-c3ccc(C4(C(=O)O)CC4)cc3)cc2)c1NC(=O)OCCc1cccc(C(F)(F)F)c1. The summed E-state index contributed by atoms with van der Waals surface area (Å²) in [5.74, 6) is -0.470. The Hall–Kier alpha value is -4.60. The van der Waals surface area contributed by atoms with Gasteiger partial charge in [0.05, 0.1) is 17.6 Å². The molecule has 7 nitrogen and oxygen atoms in total. The average molecular weight is 551 g/mol. The Morgan fingerprint density at radius 1 is 1.00 bits per heavy atom. The van der Waals surface area contributed by atoms with Crippen LogP contribution in [0.1, 0.15) is 35.2 Å². The maximum Gasteiger partial charge on any atom is 0.416 e. The quantitative estimate of drug-likeness (QED) is 0.240. The van der Waals surface area contributed by atoms with Crippen molar-refractivity contribution in [1.82, 2.24) is 5.16 Å². The molecule has 206 valence electrons. The van der Waals surface area contributed by atoms with Crippen LogP contribution in [0.15, 0.2) is 77.3 Å². The topological polar surface area (TPSA) is 102 Å². The molecule has 1 aliphatic carbocycles. The van der Waals surface area contributed by atoms with E-state index >= 15 is 0 Å². The van der Waals surface area contributed by atoms with E-state index in [4.69, 9.17) is 9.26 Å². The summed E-state index contributed by atoms with van der Waals surface area (Å²) in [6, 6.07) is 19.7. The number of aliphatic carboxylic acids is 1. The summed E-state index contributed by atoms with van der Waals surface area (Å²) in [5.41, 5.74) is 2.93. The Balaban J connectivity index is 1.22. The number of rotatable bonds is 8. The number of hydrogen-bond donors (Lipinski definition) is 2. The van der Waals surface area contributed by atoms with E-state index in [1.54, 1.807) is 6.92 Å². The molecular formula is C30H25F3N2O5. The molecule has 1 aliphatic rings. The van der Waals surface area contributed by atoms with Crippen LogP contribution in [0.4, 0.5) is 23.7 Å². The molecule has 1 heterocycles.